The number of likely N-dealkylation sites (tertiary alicyclic amines) is 1. The fraction of sp³-hybridized carbons (Fsp3) is 0.647. The molecule has 0 aromatic carbocycles. The highest BCUT2D eigenvalue weighted by Crippen LogP contribution is 2.15. The Morgan fingerprint density at radius 2 is 2.21 bits per heavy atom. The van der Waals surface area contributed by atoms with Crippen molar-refractivity contribution in [1.82, 2.24) is 24.9 Å². The van der Waals surface area contributed by atoms with Gasteiger partial charge in [-0.1, -0.05) is 6.92 Å². The normalized spacial score (nSPS) is 17.5. The van der Waals surface area contributed by atoms with E-state index < -0.39 is 0 Å². The fourth-order valence-corrected chi connectivity index (χ4v) is 3.77. The SMILES string of the molecule is CN=C(NCCCN1CCC(C)CC1)NCc1cn2ccsc2n1. The Labute approximate surface area is 148 Å². The van der Waals surface area contributed by atoms with Gasteiger partial charge in [-0.15, -0.1) is 11.3 Å². The van der Waals surface area contributed by atoms with Crippen LogP contribution >= 0.6 is 11.3 Å². The van der Waals surface area contributed by atoms with Crippen molar-refractivity contribution < 1.29 is 0 Å². The number of imidazole rings is 1. The number of nitrogens with one attached hydrogen (secondary N) is 2. The van der Waals surface area contributed by atoms with E-state index in [9.17, 15) is 0 Å². The van der Waals surface area contributed by atoms with Crippen LogP contribution in [0.1, 0.15) is 31.9 Å². The van der Waals surface area contributed by atoms with E-state index in [4.69, 9.17) is 0 Å². The van der Waals surface area contributed by atoms with Gasteiger partial charge in [0.2, 0.25) is 0 Å². The first-order chi connectivity index (χ1) is 11.7. The van der Waals surface area contributed by atoms with E-state index in [1.165, 1.54) is 32.5 Å². The smallest absolute Gasteiger partial charge is 0.193 e. The lowest BCUT2D eigenvalue weighted by Crippen LogP contribution is -2.39. The maximum Gasteiger partial charge on any atom is 0.193 e. The summed E-state index contributed by atoms with van der Waals surface area (Å²) in [5.74, 6) is 1.75. The molecule has 6 nitrogen and oxygen atoms in total. The summed E-state index contributed by atoms with van der Waals surface area (Å²) in [6.07, 6.45) is 7.93. The zero-order valence-electron chi connectivity index (χ0n) is 14.7. The van der Waals surface area contributed by atoms with Gasteiger partial charge in [0.05, 0.1) is 12.2 Å². The lowest BCUT2D eigenvalue weighted by molar-refractivity contribution is 0.191. The number of nitrogens with zero attached hydrogens (tertiary/aromatic N) is 4. The molecule has 0 unspecified atom stereocenters. The van der Waals surface area contributed by atoms with Crippen molar-refractivity contribution in [2.24, 2.45) is 10.9 Å². The Bertz CT molecular complexity index is 624. The first kappa shape index (κ1) is 17.2. The standard InChI is InChI=1S/C17H28N6S/c1-14-4-8-22(9-5-14)7-3-6-19-16(18-2)20-12-15-13-23-10-11-24-17(23)21-15/h10-11,13-14H,3-9,12H2,1-2H3,(H2,18,19,20). The summed E-state index contributed by atoms with van der Waals surface area (Å²) in [5.41, 5.74) is 1.03. The minimum Gasteiger partial charge on any atom is -0.356 e. The van der Waals surface area contributed by atoms with Gasteiger partial charge in [-0.3, -0.25) is 9.39 Å². The van der Waals surface area contributed by atoms with Gasteiger partial charge in [0.15, 0.2) is 10.9 Å². The molecule has 0 spiro atoms. The summed E-state index contributed by atoms with van der Waals surface area (Å²) in [6.45, 7) is 7.69. The molecule has 3 heterocycles. The van der Waals surface area contributed by atoms with Crippen LogP contribution in [0.25, 0.3) is 4.96 Å². The molecule has 132 valence electrons. The van der Waals surface area contributed by atoms with E-state index >= 15 is 0 Å². The number of hydrogen-bond acceptors (Lipinski definition) is 4. The average molecular weight is 349 g/mol. The Morgan fingerprint density at radius 1 is 1.38 bits per heavy atom. The molecule has 0 bridgehead atoms. The molecule has 3 rings (SSSR count). The Morgan fingerprint density at radius 3 is 2.96 bits per heavy atom. The van der Waals surface area contributed by atoms with Crippen molar-refractivity contribution in [3.8, 4) is 0 Å². The average Bonchev–Trinajstić information content (AvgIpc) is 3.17. The number of hydrogen-bond donors (Lipinski definition) is 2. The summed E-state index contributed by atoms with van der Waals surface area (Å²) >= 11 is 1.65. The van der Waals surface area contributed by atoms with Gasteiger partial charge in [-0.2, -0.15) is 0 Å². The van der Waals surface area contributed by atoms with Crippen LogP contribution in [0.4, 0.5) is 0 Å². The van der Waals surface area contributed by atoms with E-state index in [1.54, 1.807) is 11.3 Å². The van der Waals surface area contributed by atoms with Gasteiger partial charge in [0, 0.05) is 31.4 Å². The van der Waals surface area contributed by atoms with Crippen LogP contribution in [-0.4, -0.2) is 53.5 Å². The topological polar surface area (TPSA) is 57.0 Å². The van der Waals surface area contributed by atoms with Gasteiger partial charge in [0.25, 0.3) is 0 Å². The first-order valence-corrected chi connectivity index (χ1v) is 9.70. The maximum absolute atomic E-state index is 4.57. The molecule has 0 saturated carbocycles. The quantitative estimate of drug-likeness (QED) is 0.477. The van der Waals surface area contributed by atoms with Gasteiger partial charge >= 0.3 is 0 Å². The third kappa shape index (κ3) is 4.70. The monoisotopic (exact) mass is 348 g/mol. The molecular weight excluding hydrogens is 320 g/mol. The minimum absolute atomic E-state index is 0.693. The van der Waals surface area contributed by atoms with Crippen LogP contribution < -0.4 is 10.6 Å². The predicted octanol–water partition coefficient (Wildman–Crippen LogP) is 2.18. The second-order valence-corrected chi connectivity index (χ2v) is 7.43. The van der Waals surface area contributed by atoms with Crippen molar-refractivity contribution in [1.29, 1.82) is 0 Å². The zero-order valence-corrected chi connectivity index (χ0v) is 15.5. The van der Waals surface area contributed by atoms with Gasteiger partial charge in [0.1, 0.15) is 0 Å². The molecule has 2 N–H and O–H groups in total. The molecule has 2 aromatic heterocycles. The molecule has 0 atom stereocenters. The number of piperidine rings is 1. The van der Waals surface area contributed by atoms with Gasteiger partial charge < -0.3 is 15.5 Å². The Hall–Kier alpha value is -1.60. The molecule has 2 aromatic rings. The zero-order chi connectivity index (χ0) is 16.8. The van der Waals surface area contributed by atoms with E-state index in [-0.39, 0.29) is 0 Å². The van der Waals surface area contributed by atoms with Crippen LogP contribution in [0.3, 0.4) is 0 Å². The Kier molecular flexibility index (Phi) is 6.09. The van der Waals surface area contributed by atoms with Crippen molar-refractivity contribution in [2.75, 3.05) is 33.2 Å². The number of thiazole rings is 1. The largest absolute Gasteiger partial charge is 0.356 e. The lowest BCUT2D eigenvalue weighted by Gasteiger charge is -2.30. The van der Waals surface area contributed by atoms with Gasteiger partial charge in [-0.25, -0.2) is 4.98 Å². The molecule has 0 amide bonds. The number of aliphatic imine (C=N–C) groups is 1. The molecule has 7 heteroatoms. The number of fused-ring (bicyclic) bond motifs is 1. The molecule has 24 heavy (non-hydrogen) atoms. The van der Waals surface area contributed by atoms with Crippen LogP contribution in [0.15, 0.2) is 22.8 Å². The van der Waals surface area contributed by atoms with Crippen molar-refractivity contribution in [3.05, 3.63) is 23.5 Å². The summed E-state index contributed by atoms with van der Waals surface area (Å²) in [5, 5.41) is 8.78. The predicted molar refractivity (Wildman–Crippen MR) is 101 cm³/mol. The maximum atomic E-state index is 4.57. The van der Waals surface area contributed by atoms with Crippen LogP contribution in [0.5, 0.6) is 0 Å². The van der Waals surface area contributed by atoms with Crippen molar-refractivity contribution in [2.45, 2.75) is 32.7 Å². The molecule has 0 aliphatic carbocycles. The second kappa shape index (κ2) is 8.48. The summed E-state index contributed by atoms with van der Waals surface area (Å²) in [4.78, 5) is 12.5. The van der Waals surface area contributed by atoms with Crippen LogP contribution in [0, 0.1) is 5.92 Å². The molecule has 0 radical (unpaired) electrons. The van der Waals surface area contributed by atoms with Crippen molar-refractivity contribution >= 4 is 22.3 Å². The third-order valence-corrected chi connectivity index (χ3v) is 5.39. The Balaban J connectivity index is 1.34. The summed E-state index contributed by atoms with van der Waals surface area (Å²) < 4.78 is 2.05. The highest BCUT2D eigenvalue weighted by molar-refractivity contribution is 7.15. The fourth-order valence-electron chi connectivity index (χ4n) is 3.05. The highest BCUT2D eigenvalue weighted by atomic mass is 32.1. The number of rotatable bonds is 6. The van der Waals surface area contributed by atoms with Crippen molar-refractivity contribution in [3.63, 3.8) is 0 Å². The van der Waals surface area contributed by atoms with Crippen LogP contribution in [0.2, 0.25) is 0 Å². The number of guanidine groups is 1. The summed E-state index contributed by atoms with van der Waals surface area (Å²) in [7, 11) is 1.81. The van der Waals surface area contributed by atoms with E-state index in [1.807, 2.05) is 18.6 Å². The highest BCUT2D eigenvalue weighted by Gasteiger charge is 2.14. The molecule has 1 aliphatic rings. The number of aromatic nitrogens is 2. The molecule has 1 aliphatic heterocycles. The molecule has 1 saturated heterocycles. The van der Waals surface area contributed by atoms with E-state index in [2.05, 4.69) is 43.0 Å². The van der Waals surface area contributed by atoms with E-state index in [0.717, 1.165) is 35.5 Å². The molecular formula is C17H28N6S. The lowest BCUT2D eigenvalue weighted by atomic mass is 9.99. The summed E-state index contributed by atoms with van der Waals surface area (Å²) in [6, 6.07) is 0. The third-order valence-electron chi connectivity index (χ3n) is 4.62. The minimum atomic E-state index is 0.693. The first-order valence-electron chi connectivity index (χ1n) is 8.82. The van der Waals surface area contributed by atoms with Crippen LogP contribution in [-0.2, 0) is 6.54 Å². The van der Waals surface area contributed by atoms with Gasteiger partial charge in [-0.05, 0) is 44.8 Å². The van der Waals surface area contributed by atoms with E-state index in [0.29, 0.717) is 6.54 Å². The molecule has 1 fully saturated rings. The second-order valence-electron chi connectivity index (χ2n) is 6.56.